The van der Waals surface area contributed by atoms with Crippen molar-refractivity contribution in [2.45, 2.75) is 76.2 Å². The van der Waals surface area contributed by atoms with E-state index in [2.05, 4.69) is 4.90 Å². The highest BCUT2D eigenvalue weighted by molar-refractivity contribution is 5.49. The fourth-order valence-electron chi connectivity index (χ4n) is 4.94. The third kappa shape index (κ3) is 4.58. The molecule has 1 aliphatic carbocycles. The maximum absolute atomic E-state index is 13.1. The van der Waals surface area contributed by atoms with Crippen LogP contribution in [0.4, 0.5) is 8.78 Å². The molecular weight excluding hydrogens is 392 g/mol. The van der Waals surface area contributed by atoms with Gasteiger partial charge in [-0.1, -0.05) is 0 Å². The first-order valence-electron chi connectivity index (χ1n) is 10.9. The maximum atomic E-state index is 13.1. The molecular formula is C23H33F2NO4. The number of alkyl halides is 2. The zero-order chi connectivity index (χ0) is 21.7. The number of nitrogens with zero attached hydrogens (tertiary/aromatic N) is 1. The van der Waals surface area contributed by atoms with Crippen LogP contribution in [-0.2, 0) is 11.2 Å². The summed E-state index contributed by atoms with van der Waals surface area (Å²) in [6.45, 7) is 7.89. The van der Waals surface area contributed by atoms with Gasteiger partial charge in [-0.3, -0.25) is 4.90 Å². The van der Waals surface area contributed by atoms with Crippen LogP contribution in [0.15, 0.2) is 12.1 Å². The molecule has 0 radical (unpaired) electrons. The Bertz CT molecular complexity index is 771. The number of piperidine rings is 1. The Hall–Kier alpha value is -1.44. The predicted molar refractivity (Wildman–Crippen MR) is 109 cm³/mol. The minimum Gasteiger partial charge on any atom is -0.493 e. The van der Waals surface area contributed by atoms with Crippen molar-refractivity contribution in [3.8, 4) is 11.5 Å². The van der Waals surface area contributed by atoms with E-state index in [4.69, 9.17) is 14.2 Å². The van der Waals surface area contributed by atoms with Gasteiger partial charge in [-0.2, -0.15) is 0 Å². The van der Waals surface area contributed by atoms with Crippen molar-refractivity contribution < 1.29 is 28.1 Å². The smallest absolute Gasteiger partial charge is 0.248 e. The normalized spacial score (nSPS) is 29.0. The van der Waals surface area contributed by atoms with Gasteiger partial charge in [0.1, 0.15) is 0 Å². The molecule has 3 aliphatic rings. The largest absolute Gasteiger partial charge is 0.493 e. The van der Waals surface area contributed by atoms with Gasteiger partial charge in [-0.05, 0) is 56.9 Å². The summed E-state index contributed by atoms with van der Waals surface area (Å²) in [5, 5.41) is 10.7. The van der Waals surface area contributed by atoms with Crippen molar-refractivity contribution >= 4 is 0 Å². The molecule has 0 spiro atoms. The van der Waals surface area contributed by atoms with E-state index in [1.807, 2.05) is 32.9 Å². The second kappa shape index (κ2) is 7.92. The molecule has 1 aromatic rings. The number of hydrogen-bond donors (Lipinski definition) is 1. The molecule has 1 N–H and O–H groups in total. The first-order chi connectivity index (χ1) is 14.0. The van der Waals surface area contributed by atoms with Gasteiger partial charge in [-0.25, -0.2) is 8.78 Å². The summed E-state index contributed by atoms with van der Waals surface area (Å²) in [5.74, 6) is -1.41. The molecule has 1 saturated heterocycles. The standard InChI is InChI=1S/C23H33F2NO4/c1-22(2,3)30-21-12-26-6-5-15-7-20(29-13-14-10-23(24,25)11-14)19(28-4)8-16(15)17(26)9-18(21)27/h7-8,14,17-18,21,27H,5-6,9-13H2,1-4H3/t17-,18-,21-/m1/s1. The molecule has 0 amide bonds. The van der Waals surface area contributed by atoms with Crippen LogP contribution in [0.5, 0.6) is 11.5 Å². The Balaban J connectivity index is 1.48. The van der Waals surface area contributed by atoms with Crippen molar-refractivity contribution in [3.05, 3.63) is 23.3 Å². The molecule has 0 aromatic heterocycles. The molecule has 30 heavy (non-hydrogen) atoms. The van der Waals surface area contributed by atoms with Crippen LogP contribution < -0.4 is 9.47 Å². The van der Waals surface area contributed by atoms with E-state index in [0.717, 1.165) is 18.5 Å². The third-order valence-corrected chi connectivity index (χ3v) is 6.36. The first-order valence-corrected chi connectivity index (χ1v) is 10.9. The molecule has 0 bridgehead atoms. The number of benzene rings is 1. The van der Waals surface area contributed by atoms with Gasteiger partial charge in [0.15, 0.2) is 11.5 Å². The average Bonchev–Trinajstić information content (AvgIpc) is 2.63. The van der Waals surface area contributed by atoms with Gasteiger partial charge >= 0.3 is 0 Å². The van der Waals surface area contributed by atoms with Gasteiger partial charge < -0.3 is 19.3 Å². The first kappa shape index (κ1) is 21.8. The molecule has 3 atom stereocenters. The van der Waals surface area contributed by atoms with E-state index in [1.54, 1.807) is 7.11 Å². The fourth-order valence-corrected chi connectivity index (χ4v) is 4.94. The van der Waals surface area contributed by atoms with Gasteiger partial charge in [0, 0.05) is 37.9 Å². The Morgan fingerprint density at radius 3 is 2.57 bits per heavy atom. The Morgan fingerprint density at radius 2 is 1.93 bits per heavy atom. The molecule has 1 saturated carbocycles. The van der Waals surface area contributed by atoms with Crippen LogP contribution in [0.1, 0.15) is 57.2 Å². The molecule has 4 rings (SSSR count). The van der Waals surface area contributed by atoms with Gasteiger partial charge in [0.25, 0.3) is 0 Å². The van der Waals surface area contributed by atoms with E-state index >= 15 is 0 Å². The quantitative estimate of drug-likeness (QED) is 0.774. The van der Waals surface area contributed by atoms with Crippen molar-refractivity contribution in [2.24, 2.45) is 5.92 Å². The highest BCUT2D eigenvalue weighted by atomic mass is 19.3. The average molecular weight is 426 g/mol. The molecule has 2 aliphatic heterocycles. The van der Waals surface area contributed by atoms with E-state index < -0.39 is 12.0 Å². The molecule has 2 fully saturated rings. The summed E-state index contributed by atoms with van der Waals surface area (Å²) in [6.07, 6.45) is 0.534. The monoisotopic (exact) mass is 425 g/mol. The molecule has 7 heteroatoms. The lowest BCUT2D eigenvalue weighted by Gasteiger charge is -2.46. The zero-order valence-electron chi connectivity index (χ0n) is 18.3. The molecule has 5 nitrogen and oxygen atoms in total. The molecule has 2 heterocycles. The summed E-state index contributed by atoms with van der Waals surface area (Å²) in [5.41, 5.74) is 2.02. The van der Waals surface area contributed by atoms with Crippen LogP contribution in [0.3, 0.4) is 0 Å². The van der Waals surface area contributed by atoms with Crippen molar-refractivity contribution in [3.63, 3.8) is 0 Å². The topological polar surface area (TPSA) is 51.2 Å². The summed E-state index contributed by atoms with van der Waals surface area (Å²) in [7, 11) is 1.59. The number of aliphatic hydroxyl groups is 1. The summed E-state index contributed by atoms with van der Waals surface area (Å²) >= 11 is 0. The minimum atomic E-state index is -2.53. The van der Waals surface area contributed by atoms with E-state index in [1.165, 1.54) is 5.56 Å². The van der Waals surface area contributed by atoms with E-state index in [-0.39, 0.29) is 43.1 Å². The SMILES string of the molecule is COc1cc2c(cc1OCC1CC(F)(F)C1)CCN1C[C@@H](OC(C)(C)C)[C@H](O)C[C@H]21. The number of rotatable bonds is 5. The van der Waals surface area contributed by atoms with Crippen LogP contribution in [0.25, 0.3) is 0 Å². The summed E-state index contributed by atoms with van der Waals surface area (Å²) in [6, 6.07) is 4.10. The van der Waals surface area contributed by atoms with Gasteiger partial charge in [0.05, 0.1) is 31.5 Å². The van der Waals surface area contributed by atoms with Crippen LogP contribution in [0.2, 0.25) is 0 Å². The van der Waals surface area contributed by atoms with Crippen LogP contribution >= 0.6 is 0 Å². The number of ether oxygens (including phenoxy) is 3. The van der Waals surface area contributed by atoms with E-state index in [0.29, 0.717) is 24.5 Å². The highest BCUT2D eigenvalue weighted by Crippen LogP contribution is 2.45. The molecule has 0 unspecified atom stereocenters. The van der Waals surface area contributed by atoms with E-state index in [9.17, 15) is 13.9 Å². The molecule has 168 valence electrons. The van der Waals surface area contributed by atoms with Crippen molar-refractivity contribution in [2.75, 3.05) is 26.8 Å². The second-order valence-electron chi connectivity index (χ2n) is 9.98. The fraction of sp³-hybridized carbons (Fsp3) is 0.739. The maximum Gasteiger partial charge on any atom is 0.248 e. The van der Waals surface area contributed by atoms with Gasteiger partial charge in [0.2, 0.25) is 5.92 Å². The molecule has 1 aromatic carbocycles. The lowest BCUT2D eigenvalue weighted by molar-refractivity contribution is -0.149. The van der Waals surface area contributed by atoms with Crippen LogP contribution in [-0.4, -0.2) is 60.5 Å². The number of methoxy groups -OCH3 is 1. The predicted octanol–water partition coefficient (Wildman–Crippen LogP) is 3.97. The number of aliphatic hydroxyl groups excluding tert-OH is 1. The Labute approximate surface area is 177 Å². The number of fused-ring (bicyclic) bond motifs is 3. The van der Waals surface area contributed by atoms with Crippen LogP contribution in [0, 0.1) is 5.92 Å². The highest BCUT2D eigenvalue weighted by Gasteiger charge is 2.45. The number of hydrogen-bond acceptors (Lipinski definition) is 5. The van der Waals surface area contributed by atoms with Crippen molar-refractivity contribution in [1.82, 2.24) is 4.90 Å². The lowest BCUT2D eigenvalue weighted by Crippen LogP contribution is -2.53. The number of halogens is 2. The third-order valence-electron chi connectivity index (χ3n) is 6.36. The second-order valence-corrected chi connectivity index (χ2v) is 9.98. The lowest BCUT2D eigenvalue weighted by atomic mass is 9.82. The van der Waals surface area contributed by atoms with Gasteiger partial charge in [-0.15, -0.1) is 0 Å². The Kier molecular flexibility index (Phi) is 5.75. The minimum absolute atomic E-state index is 0.104. The summed E-state index contributed by atoms with van der Waals surface area (Å²) < 4.78 is 43.7. The van der Waals surface area contributed by atoms with Crippen molar-refractivity contribution in [1.29, 1.82) is 0 Å². The zero-order valence-corrected chi connectivity index (χ0v) is 18.3. The Morgan fingerprint density at radius 1 is 1.20 bits per heavy atom. The summed E-state index contributed by atoms with van der Waals surface area (Å²) in [4.78, 5) is 2.38.